The number of carbonyl (C=O) groups is 1. The fourth-order valence-corrected chi connectivity index (χ4v) is 3.40. The van der Waals surface area contributed by atoms with Crippen molar-refractivity contribution in [2.45, 2.75) is 52.0 Å². The molecule has 0 aliphatic carbocycles. The maximum Gasteiger partial charge on any atom is 0.243 e. The second-order valence-corrected chi connectivity index (χ2v) is 5.84. The molecule has 0 bridgehead atoms. The van der Waals surface area contributed by atoms with E-state index in [-0.39, 0.29) is 5.91 Å². The van der Waals surface area contributed by atoms with Gasteiger partial charge in [-0.3, -0.25) is 9.69 Å². The van der Waals surface area contributed by atoms with Crippen LogP contribution in [-0.2, 0) is 4.79 Å². The number of nitriles is 1. The molecule has 19 heavy (non-hydrogen) atoms. The number of piperazine rings is 1. The maximum absolute atomic E-state index is 12.7. The van der Waals surface area contributed by atoms with Crippen LogP contribution in [0.15, 0.2) is 0 Å². The Labute approximate surface area is 116 Å². The van der Waals surface area contributed by atoms with Gasteiger partial charge in [0, 0.05) is 25.7 Å². The van der Waals surface area contributed by atoms with E-state index >= 15 is 0 Å². The first-order chi connectivity index (χ1) is 9.16. The Morgan fingerprint density at radius 2 is 2.00 bits per heavy atom. The van der Waals surface area contributed by atoms with E-state index in [9.17, 15) is 10.1 Å². The molecule has 2 aliphatic rings. The van der Waals surface area contributed by atoms with Gasteiger partial charge in [0.1, 0.15) is 5.41 Å². The van der Waals surface area contributed by atoms with E-state index in [2.05, 4.69) is 11.0 Å². The molecule has 1 atom stereocenters. The van der Waals surface area contributed by atoms with Gasteiger partial charge in [-0.05, 0) is 32.2 Å². The molecule has 2 heterocycles. The summed E-state index contributed by atoms with van der Waals surface area (Å²) in [7, 11) is 0. The highest BCUT2D eigenvalue weighted by molar-refractivity contribution is 5.85. The number of hydrogen-bond donors (Lipinski definition) is 0. The fraction of sp³-hybridized carbons (Fsp3) is 0.867. The summed E-state index contributed by atoms with van der Waals surface area (Å²) in [6.07, 6.45) is 4.99. The molecule has 0 spiro atoms. The molecule has 0 radical (unpaired) electrons. The van der Waals surface area contributed by atoms with Crippen LogP contribution in [0.25, 0.3) is 0 Å². The number of amides is 1. The van der Waals surface area contributed by atoms with Gasteiger partial charge < -0.3 is 4.90 Å². The van der Waals surface area contributed by atoms with Crippen molar-refractivity contribution >= 4 is 5.91 Å². The largest absolute Gasteiger partial charge is 0.338 e. The molecule has 1 amide bonds. The maximum atomic E-state index is 12.7. The summed E-state index contributed by atoms with van der Waals surface area (Å²) in [6, 6.07) is 2.80. The molecule has 106 valence electrons. The highest BCUT2D eigenvalue weighted by Gasteiger charge is 2.41. The molecule has 0 saturated carbocycles. The Hall–Kier alpha value is -1.08. The zero-order valence-electron chi connectivity index (χ0n) is 12.2. The quantitative estimate of drug-likeness (QED) is 0.782. The van der Waals surface area contributed by atoms with Crippen LogP contribution in [0, 0.1) is 16.7 Å². The molecule has 0 aromatic rings. The molecule has 2 aliphatic heterocycles. The molecular formula is C15H25N3O. The molecule has 1 unspecified atom stereocenters. The molecular weight excluding hydrogens is 238 g/mol. The van der Waals surface area contributed by atoms with E-state index < -0.39 is 5.41 Å². The third kappa shape index (κ3) is 2.62. The predicted molar refractivity (Wildman–Crippen MR) is 74.4 cm³/mol. The van der Waals surface area contributed by atoms with Crippen LogP contribution in [0.4, 0.5) is 0 Å². The summed E-state index contributed by atoms with van der Waals surface area (Å²) in [6.45, 7) is 7.66. The van der Waals surface area contributed by atoms with Crippen molar-refractivity contribution in [3.63, 3.8) is 0 Å². The monoisotopic (exact) mass is 263 g/mol. The van der Waals surface area contributed by atoms with Crippen molar-refractivity contribution in [1.29, 1.82) is 5.26 Å². The first-order valence-corrected chi connectivity index (χ1v) is 7.61. The molecule has 0 aromatic carbocycles. The molecule has 2 rings (SSSR count). The van der Waals surface area contributed by atoms with Crippen LogP contribution in [-0.4, -0.2) is 47.9 Å². The molecule has 2 fully saturated rings. The van der Waals surface area contributed by atoms with Crippen LogP contribution in [0.1, 0.15) is 46.0 Å². The minimum absolute atomic E-state index is 0.0604. The SMILES string of the molecule is CCC(C#N)(CC)C(=O)N1CCN2CCCCC2C1. The lowest BCUT2D eigenvalue weighted by Crippen LogP contribution is -2.58. The van der Waals surface area contributed by atoms with Crippen molar-refractivity contribution in [2.75, 3.05) is 26.2 Å². The lowest BCUT2D eigenvalue weighted by molar-refractivity contribution is -0.143. The van der Waals surface area contributed by atoms with Crippen LogP contribution in [0.2, 0.25) is 0 Å². The average Bonchev–Trinajstić information content (AvgIpc) is 2.49. The van der Waals surface area contributed by atoms with Crippen molar-refractivity contribution in [1.82, 2.24) is 9.80 Å². The van der Waals surface area contributed by atoms with Crippen LogP contribution >= 0.6 is 0 Å². The lowest BCUT2D eigenvalue weighted by atomic mass is 9.82. The minimum atomic E-state index is -0.795. The second kappa shape index (κ2) is 5.92. The van der Waals surface area contributed by atoms with E-state index in [0.29, 0.717) is 18.9 Å². The zero-order chi connectivity index (χ0) is 13.9. The van der Waals surface area contributed by atoms with Gasteiger partial charge in [-0.25, -0.2) is 0 Å². The summed E-state index contributed by atoms with van der Waals surface area (Å²) in [5.41, 5.74) is -0.795. The molecule has 0 aromatic heterocycles. The smallest absolute Gasteiger partial charge is 0.243 e. The van der Waals surface area contributed by atoms with Gasteiger partial charge in [0.05, 0.1) is 6.07 Å². The summed E-state index contributed by atoms with van der Waals surface area (Å²) in [4.78, 5) is 17.1. The Kier molecular flexibility index (Phi) is 4.46. The molecule has 2 saturated heterocycles. The van der Waals surface area contributed by atoms with Crippen LogP contribution < -0.4 is 0 Å². The Balaban J connectivity index is 2.06. The summed E-state index contributed by atoms with van der Waals surface area (Å²) in [5.74, 6) is 0.0604. The van der Waals surface area contributed by atoms with E-state index in [1.807, 2.05) is 18.7 Å². The highest BCUT2D eigenvalue weighted by Crippen LogP contribution is 2.30. The van der Waals surface area contributed by atoms with Gasteiger partial charge in [-0.2, -0.15) is 5.26 Å². The number of rotatable bonds is 3. The van der Waals surface area contributed by atoms with Gasteiger partial charge in [-0.1, -0.05) is 20.3 Å². The minimum Gasteiger partial charge on any atom is -0.338 e. The summed E-state index contributed by atoms with van der Waals surface area (Å²) < 4.78 is 0. The van der Waals surface area contributed by atoms with Crippen molar-refractivity contribution < 1.29 is 4.79 Å². The third-order valence-corrected chi connectivity index (χ3v) is 4.96. The van der Waals surface area contributed by atoms with E-state index in [4.69, 9.17) is 0 Å². The Morgan fingerprint density at radius 1 is 1.26 bits per heavy atom. The van der Waals surface area contributed by atoms with Gasteiger partial charge in [-0.15, -0.1) is 0 Å². The van der Waals surface area contributed by atoms with Crippen molar-refractivity contribution in [2.24, 2.45) is 5.41 Å². The van der Waals surface area contributed by atoms with Crippen molar-refractivity contribution in [3.8, 4) is 6.07 Å². The fourth-order valence-electron chi connectivity index (χ4n) is 3.40. The number of fused-ring (bicyclic) bond motifs is 1. The molecule has 0 N–H and O–H groups in total. The van der Waals surface area contributed by atoms with Crippen molar-refractivity contribution in [3.05, 3.63) is 0 Å². The molecule has 4 heteroatoms. The summed E-state index contributed by atoms with van der Waals surface area (Å²) >= 11 is 0. The normalized spacial score (nSPS) is 24.7. The van der Waals surface area contributed by atoms with Gasteiger partial charge in [0.15, 0.2) is 0 Å². The summed E-state index contributed by atoms with van der Waals surface area (Å²) in [5, 5.41) is 9.40. The van der Waals surface area contributed by atoms with Gasteiger partial charge in [0.25, 0.3) is 0 Å². The number of nitrogens with zero attached hydrogens (tertiary/aromatic N) is 3. The number of hydrogen-bond acceptors (Lipinski definition) is 3. The van der Waals surface area contributed by atoms with E-state index in [0.717, 1.165) is 19.6 Å². The van der Waals surface area contributed by atoms with Crippen LogP contribution in [0.3, 0.4) is 0 Å². The molecule has 4 nitrogen and oxygen atoms in total. The number of piperidine rings is 1. The number of carbonyl (C=O) groups excluding carboxylic acids is 1. The first-order valence-electron chi connectivity index (χ1n) is 7.61. The van der Waals surface area contributed by atoms with Gasteiger partial charge in [0.2, 0.25) is 5.91 Å². The van der Waals surface area contributed by atoms with E-state index in [1.165, 1.54) is 25.8 Å². The third-order valence-electron chi connectivity index (χ3n) is 4.96. The Bertz CT molecular complexity index is 370. The average molecular weight is 263 g/mol. The predicted octanol–water partition coefficient (Wildman–Crippen LogP) is 2.01. The second-order valence-electron chi connectivity index (χ2n) is 5.84. The standard InChI is InChI=1S/C15H25N3O/c1-3-15(4-2,12-16)14(19)18-10-9-17-8-6-5-7-13(17)11-18/h13H,3-11H2,1-2H3. The first kappa shape index (κ1) is 14.3. The topological polar surface area (TPSA) is 47.3 Å². The van der Waals surface area contributed by atoms with E-state index in [1.54, 1.807) is 0 Å². The van der Waals surface area contributed by atoms with Crippen LogP contribution in [0.5, 0.6) is 0 Å². The zero-order valence-corrected chi connectivity index (χ0v) is 12.2. The van der Waals surface area contributed by atoms with Gasteiger partial charge >= 0.3 is 0 Å². The highest BCUT2D eigenvalue weighted by atomic mass is 16.2. The Morgan fingerprint density at radius 3 is 2.63 bits per heavy atom. The lowest BCUT2D eigenvalue weighted by Gasteiger charge is -2.45.